The van der Waals surface area contributed by atoms with Crippen molar-refractivity contribution in [2.24, 2.45) is 5.73 Å². The third-order valence-electron chi connectivity index (χ3n) is 3.68. The van der Waals surface area contributed by atoms with E-state index >= 15 is 0 Å². The lowest BCUT2D eigenvalue weighted by Crippen LogP contribution is -2.33. The van der Waals surface area contributed by atoms with E-state index in [1.165, 1.54) is 11.3 Å². The summed E-state index contributed by atoms with van der Waals surface area (Å²) < 4.78 is 2.16. The van der Waals surface area contributed by atoms with Gasteiger partial charge in [0.1, 0.15) is 0 Å². The number of aryl methyl sites for hydroxylation is 1. The summed E-state index contributed by atoms with van der Waals surface area (Å²) in [5, 5.41) is 4.69. The molecule has 1 aromatic heterocycles. The first-order valence-electron chi connectivity index (χ1n) is 6.86. The zero-order valence-electron chi connectivity index (χ0n) is 12.0. The van der Waals surface area contributed by atoms with Gasteiger partial charge in [0.2, 0.25) is 0 Å². The Hall–Kier alpha value is -0.830. The molecule has 0 aliphatic rings. The van der Waals surface area contributed by atoms with Crippen molar-refractivity contribution >= 4 is 0 Å². The van der Waals surface area contributed by atoms with Gasteiger partial charge in [0.05, 0.1) is 11.7 Å². The zero-order valence-corrected chi connectivity index (χ0v) is 12.0. The summed E-state index contributed by atoms with van der Waals surface area (Å²) in [4.78, 5) is 0. The third kappa shape index (κ3) is 2.89. The van der Waals surface area contributed by atoms with E-state index in [0.29, 0.717) is 6.04 Å². The van der Waals surface area contributed by atoms with Gasteiger partial charge in [0.15, 0.2) is 0 Å². The van der Waals surface area contributed by atoms with Gasteiger partial charge in [0, 0.05) is 11.7 Å². The molecule has 17 heavy (non-hydrogen) atoms. The molecule has 0 spiro atoms. The van der Waals surface area contributed by atoms with Crippen LogP contribution < -0.4 is 5.73 Å². The van der Waals surface area contributed by atoms with Crippen LogP contribution in [0.4, 0.5) is 0 Å². The van der Waals surface area contributed by atoms with Crippen LogP contribution in [-0.2, 0) is 6.42 Å². The van der Waals surface area contributed by atoms with E-state index in [0.717, 1.165) is 31.4 Å². The molecule has 1 rings (SSSR count). The molecule has 0 fully saturated rings. The quantitative estimate of drug-likeness (QED) is 0.826. The summed E-state index contributed by atoms with van der Waals surface area (Å²) in [6.45, 7) is 10.8. The van der Waals surface area contributed by atoms with Crippen molar-refractivity contribution in [3.8, 4) is 0 Å². The molecule has 3 heteroatoms. The average molecular weight is 237 g/mol. The first-order valence-corrected chi connectivity index (χ1v) is 6.86. The van der Waals surface area contributed by atoms with Crippen LogP contribution in [0.15, 0.2) is 0 Å². The van der Waals surface area contributed by atoms with Crippen molar-refractivity contribution in [2.75, 3.05) is 0 Å². The summed E-state index contributed by atoms with van der Waals surface area (Å²) in [6, 6.07) is 0.557. The van der Waals surface area contributed by atoms with Crippen LogP contribution in [0.3, 0.4) is 0 Å². The Morgan fingerprint density at radius 3 is 2.29 bits per heavy atom. The lowest BCUT2D eigenvalue weighted by Gasteiger charge is -2.24. The smallest absolute Gasteiger partial charge is 0.0670 e. The summed E-state index contributed by atoms with van der Waals surface area (Å²) in [7, 11) is 0. The maximum atomic E-state index is 6.28. The van der Waals surface area contributed by atoms with Crippen LogP contribution in [0.5, 0.6) is 0 Å². The second-order valence-electron chi connectivity index (χ2n) is 4.88. The van der Waals surface area contributed by atoms with Crippen molar-refractivity contribution in [3.63, 3.8) is 0 Å². The lowest BCUT2D eigenvalue weighted by molar-refractivity contribution is 0.343. The molecule has 2 atom stereocenters. The van der Waals surface area contributed by atoms with Crippen LogP contribution in [-0.4, -0.2) is 15.8 Å². The van der Waals surface area contributed by atoms with Gasteiger partial charge in [-0.05, 0) is 38.7 Å². The monoisotopic (exact) mass is 237 g/mol. The molecule has 0 aromatic carbocycles. The van der Waals surface area contributed by atoms with E-state index in [-0.39, 0.29) is 6.04 Å². The number of nitrogens with zero attached hydrogens (tertiary/aromatic N) is 2. The maximum absolute atomic E-state index is 6.28. The molecule has 3 nitrogen and oxygen atoms in total. The highest BCUT2D eigenvalue weighted by molar-refractivity contribution is 5.24. The number of aromatic nitrogens is 2. The highest BCUT2D eigenvalue weighted by Gasteiger charge is 2.21. The second-order valence-corrected chi connectivity index (χ2v) is 4.88. The molecule has 0 aliphatic heterocycles. The first kappa shape index (κ1) is 14.2. The molecule has 0 aliphatic carbocycles. The van der Waals surface area contributed by atoms with Gasteiger partial charge >= 0.3 is 0 Å². The molecular formula is C14H27N3. The Balaban J connectivity index is 3.04. The van der Waals surface area contributed by atoms with E-state index in [1.54, 1.807) is 0 Å². The van der Waals surface area contributed by atoms with E-state index in [1.807, 2.05) is 0 Å². The Labute approximate surface area is 105 Å². The molecule has 0 radical (unpaired) electrons. The normalized spacial score (nSPS) is 14.9. The van der Waals surface area contributed by atoms with E-state index in [9.17, 15) is 0 Å². The fourth-order valence-electron chi connectivity index (χ4n) is 2.71. The average Bonchev–Trinajstić information content (AvgIpc) is 2.56. The Morgan fingerprint density at radius 1 is 1.24 bits per heavy atom. The molecule has 0 saturated heterocycles. The minimum absolute atomic E-state index is 0.215. The van der Waals surface area contributed by atoms with Crippen LogP contribution >= 0.6 is 0 Å². The van der Waals surface area contributed by atoms with Gasteiger partial charge in [-0.2, -0.15) is 5.10 Å². The first-order chi connectivity index (χ1) is 8.06. The molecule has 0 bridgehead atoms. The minimum atomic E-state index is 0.215. The molecule has 2 unspecified atom stereocenters. The topological polar surface area (TPSA) is 43.8 Å². The molecule has 1 heterocycles. The van der Waals surface area contributed by atoms with Crippen LogP contribution in [0.1, 0.15) is 63.0 Å². The van der Waals surface area contributed by atoms with Gasteiger partial charge < -0.3 is 5.73 Å². The van der Waals surface area contributed by atoms with Crippen molar-refractivity contribution in [1.29, 1.82) is 0 Å². The zero-order chi connectivity index (χ0) is 13.0. The summed E-state index contributed by atoms with van der Waals surface area (Å²) in [5.74, 6) is 0. The predicted octanol–water partition coefficient (Wildman–Crippen LogP) is 3.14. The minimum Gasteiger partial charge on any atom is -0.326 e. The maximum Gasteiger partial charge on any atom is 0.0670 e. The number of nitrogens with two attached hydrogens (primary N) is 1. The fourth-order valence-corrected chi connectivity index (χ4v) is 2.71. The van der Waals surface area contributed by atoms with Crippen molar-refractivity contribution in [2.45, 2.75) is 72.4 Å². The highest BCUT2D eigenvalue weighted by atomic mass is 15.3. The molecule has 98 valence electrons. The van der Waals surface area contributed by atoms with Crippen molar-refractivity contribution in [1.82, 2.24) is 9.78 Å². The summed E-state index contributed by atoms with van der Waals surface area (Å²) in [6.07, 6.45) is 4.30. The van der Waals surface area contributed by atoms with Gasteiger partial charge in [-0.3, -0.25) is 4.68 Å². The van der Waals surface area contributed by atoms with Crippen molar-refractivity contribution < 1.29 is 0 Å². The van der Waals surface area contributed by atoms with E-state index in [4.69, 9.17) is 10.8 Å². The fraction of sp³-hybridized carbons (Fsp3) is 0.786. The van der Waals surface area contributed by atoms with Gasteiger partial charge in [0.25, 0.3) is 0 Å². The van der Waals surface area contributed by atoms with E-state index < -0.39 is 0 Å². The predicted molar refractivity (Wildman–Crippen MR) is 73.3 cm³/mol. The SMILES string of the molecule is CCCC(N)C(CC)n1nc(C)c(CC)c1C. The third-order valence-corrected chi connectivity index (χ3v) is 3.68. The largest absolute Gasteiger partial charge is 0.326 e. The Morgan fingerprint density at radius 2 is 1.88 bits per heavy atom. The Bertz CT molecular complexity index is 355. The molecular weight excluding hydrogens is 210 g/mol. The van der Waals surface area contributed by atoms with Crippen LogP contribution in [0.25, 0.3) is 0 Å². The van der Waals surface area contributed by atoms with E-state index in [2.05, 4.69) is 39.3 Å². The molecule has 0 saturated carbocycles. The second kappa shape index (κ2) is 6.20. The molecule has 0 amide bonds. The van der Waals surface area contributed by atoms with Gasteiger partial charge in [-0.25, -0.2) is 0 Å². The highest BCUT2D eigenvalue weighted by Crippen LogP contribution is 2.23. The van der Waals surface area contributed by atoms with Crippen molar-refractivity contribution in [3.05, 3.63) is 17.0 Å². The molecule has 2 N–H and O–H groups in total. The van der Waals surface area contributed by atoms with Gasteiger partial charge in [-0.1, -0.05) is 27.2 Å². The summed E-state index contributed by atoms with van der Waals surface area (Å²) >= 11 is 0. The number of hydrogen-bond donors (Lipinski definition) is 1. The van der Waals surface area contributed by atoms with Crippen LogP contribution in [0, 0.1) is 13.8 Å². The van der Waals surface area contributed by atoms with Gasteiger partial charge in [-0.15, -0.1) is 0 Å². The standard InChI is InChI=1S/C14H27N3/c1-6-9-13(15)14(8-3)17-11(5)12(7-2)10(4)16-17/h13-14H,6-9,15H2,1-5H3. The van der Waals surface area contributed by atoms with Crippen LogP contribution in [0.2, 0.25) is 0 Å². The Kier molecular flexibility index (Phi) is 5.19. The molecule has 1 aromatic rings. The lowest BCUT2D eigenvalue weighted by atomic mass is 10.0. The number of hydrogen-bond acceptors (Lipinski definition) is 2. The number of rotatable bonds is 6. The summed E-state index contributed by atoms with van der Waals surface area (Å²) in [5.41, 5.74) is 10.1.